The molecule has 1 aliphatic rings. The molecule has 0 spiro atoms. The number of amides is 2. The lowest BCUT2D eigenvalue weighted by Crippen LogP contribution is -2.52. The first kappa shape index (κ1) is 32.4. The summed E-state index contributed by atoms with van der Waals surface area (Å²) < 4.78 is 39.8. The van der Waals surface area contributed by atoms with Crippen LogP contribution in [0.4, 0.5) is 5.69 Å². The molecule has 43 heavy (non-hydrogen) atoms. The van der Waals surface area contributed by atoms with Gasteiger partial charge in [-0.05, 0) is 67.8 Å². The minimum atomic E-state index is -4.32. The Morgan fingerprint density at radius 1 is 0.953 bits per heavy atom. The summed E-state index contributed by atoms with van der Waals surface area (Å²) in [7, 11) is -1.47. The Kier molecular flexibility index (Phi) is 10.8. The summed E-state index contributed by atoms with van der Waals surface area (Å²) in [5, 5.41) is 3.87. The molecule has 2 amide bonds. The second-order valence-electron chi connectivity index (χ2n) is 10.3. The maximum atomic E-state index is 14.1. The molecule has 1 saturated carbocycles. The average Bonchev–Trinajstić information content (AvgIpc) is 3.52. The largest absolute Gasteiger partial charge is 0.493 e. The topological polar surface area (TPSA) is 105 Å². The van der Waals surface area contributed by atoms with Gasteiger partial charge in [-0.3, -0.25) is 13.9 Å². The molecular formula is C31H35Cl2N3O6S. The molecule has 230 valence electrons. The van der Waals surface area contributed by atoms with Gasteiger partial charge < -0.3 is 19.7 Å². The summed E-state index contributed by atoms with van der Waals surface area (Å²) in [6.07, 6.45) is 3.83. The zero-order valence-corrected chi connectivity index (χ0v) is 26.6. The number of anilines is 1. The Labute approximate surface area is 262 Å². The number of carbonyl (C=O) groups is 2. The number of nitrogens with one attached hydrogen (secondary N) is 1. The van der Waals surface area contributed by atoms with E-state index in [1.807, 2.05) is 0 Å². The SMILES string of the molecule is COc1ccc(S(=O)(=O)N(CC(=O)N(Cc2ccccc2Cl)[C@@H](C)C(=O)NC2CCCC2)c2ccc(Cl)cc2)cc1OC. The predicted molar refractivity (Wildman–Crippen MR) is 167 cm³/mol. The van der Waals surface area contributed by atoms with Crippen LogP contribution in [0.3, 0.4) is 0 Å². The van der Waals surface area contributed by atoms with Crippen molar-refractivity contribution in [2.24, 2.45) is 0 Å². The van der Waals surface area contributed by atoms with E-state index in [0.29, 0.717) is 21.4 Å². The number of hydrogen-bond acceptors (Lipinski definition) is 6. The number of benzene rings is 3. The second-order valence-corrected chi connectivity index (χ2v) is 13.0. The van der Waals surface area contributed by atoms with Crippen LogP contribution in [0.2, 0.25) is 10.0 Å². The number of carbonyl (C=O) groups excluding carboxylic acids is 2. The van der Waals surface area contributed by atoms with E-state index in [9.17, 15) is 18.0 Å². The van der Waals surface area contributed by atoms with Gasteiger partial charge in [-0.1, -0.05) is 54.2 Å². The molecule has 0 saturated heterocycles. The van der Waals surface area contributed by atoms with Gasteiger partial charge in [0.25, 0.3) is 10.0 Å². The van der Waals surface area contributed by atoms with Crippen molar-refractivity contribution in [1.29, 1.82) is 0 Å². The van der Waals surface area contributed by atoms with Crippen LogP contribution >= 0.6 is 23.2 Å². The van der Waals surface area contributed by atoms with Crippen molar-refractivity contribution in [3.8, 4) is 11.5 Å². The van der Waals surface area contributed by atoms with E-state index < -0.39 is 28.5 Å². The summed E-state index contributed by atoms with van der Waals surface area (Å²) in [6.45, 7) is 1.04. The van der Waals surface area contributed by atoms with Crippen LogP contribution in [0.15, 0.2) is 71.6 Å². The van der Waals surface area contributed by atoms with Gasteiger partial charge in [-0.25, -0.2) is 8.42 Å². The fraction of sp³-hybridized carbons (Fsp3) is 0.355. The maximum Gasteiger partial charge on any atom is 0.264 e. The Balaban J connectivity index is 1.72. The van der Waals surface area contributed by atoms with Gasteiger partial charge in [0.05, 0.1) is 24.8 Å². The number of nitrogens with zero attached hydrogens (tertiary/aromatic N) is 2. The van der Waals surface area contributed by atoms with Crippen molar-refractivity contribution in [1.82, 2.24) is 10.2 Å². The van der Waals surface area contributed by atoms with Crippen LogP contribution in [0.1, 0.15) is 38.2 Å². The molecule has 1 N–H and O–H groups in total. The standard InChI is InChI=1S/C31H35Cl2N3O6S/c1-21(31(38)34-24-9-5-6-10-24)35(19-22-8-4-7-11-27(22)33)30(37)20-36(25-14-12-23(32)13-15-25)43(39,40)26-16-17-28(41-2)29(18-26)42-3/h4,7-8,11-18,21,24H,5-6,9-10,19-20H2,1-3H3,(H,34,38)/t21-/m0/s1. The highest BCUT2D eigenvalue weighted by atomic mass is 35.5. The van der Waals surface area contributed by atoms with E-state index in [2.05, 4.69) is 5.32 Å². The molecule has 0 unspecified atom stereocenters. The summed E-state index contributed by atoms with van der Waals surface area (Å²) in [5.74, 6) is -0.340. The van der Waals surface area contributed by atoms with Gasteiger partial charge in [-0.2, -0.15) is 0 Å². The summed E-state index contributed by atoms with van der Waals surface area (Å²) in [5.41, 5.74) is 0.840. The van der Waals surface area contributed by atoms with Crippen LogP contribution in [-0.2, 0) is 26.2 Å². The number of rotatable bonds is 12. The van der Waals surface area contributed by atoms with Crippen molar-refractivity contribution < 1.29 is 27.5 Å². The first-order chi connectivity index (χ1) is 20.5. The van der Waals surface area contributed by atoms with Gasteiger partial charge in [0, 0.05) is 28.7 Å². The summed E-state index contributed by atoms with van der Waals surface area (Å²) >= 11 is 12.5. The van der Waals surface area contributed by atoms with Crippen LogP contribution in [0.25, 0.3) is 0 Å². The lowest BCUT2D eigenvalue weighted by atomic mass is 10.1. The molecule has 1 atom stereocenters. The minimum absolute atomic E-state index is 0.00260. The summed E-state index contributed by atoms with van der Waals surface area (Å²) in [4.78, 5) is 28.7. The zero-order chi connectivity index (χ0) is 31.1. The van der Waals surface area contributed by atoms with E-state index in [0.717, 1.165) is 30.0 Å². The minimum Gasteiger partial charge on any atom is -0.493 e. The third-order valence-corrected chi connectivity index (χ3v) is 9.89. The smallest absolute Gasteiger partial charge is 0.264 e. The van der Waals surface area contributed by atoms with Gasteiger partial charge in [0.1, 0.15) is 12.6 Å². The van der Waals surface area contributed by atoms with E-state index in [4.69, 9.17) is 32.7 Å². The number of sulfonamides is 1. The fourth-order valence-electron chi connectivity index (χ4n) is 5.03. The van der Waals surface area contributed by atoms with Crippen molar-refractivity contribution in [2.75, 3.05) is 25.1 Å². The number of hydrogen-bond donors (Lipinski definition) is 1. The number of halogens is 2. The van der Waals surface area contributed by atoms with Gasteiger partial charge in [-0.15, -0.1) is 0 Å². The molecule has 1 aliphatic carbocycles. The van der Waals surface area contributed by atoms with Gasteiger partial charge in [0.15, 0.2) is 11.5 Å². The Hall–Kier alpha value is -3.47. The molecular weight excluding hydrogens is 613 g/mol. The van der Waals surface area contributed by atoms with E-state index in [-0.39, 0.29) is 34.8 Å². The molecule has 12 heteroatoms. The summed E-state index contributed by atoms with van der Waals surface area (Å²) in [6, 6.07) is 16.5. The molecule has 3 aromatic rings. The third-order valence-electron chi connectivity index (χ3n) is 7.50. The van der Waals surface area contributed by atoms with Crippen molar-refractivity contribution in [3.63, 3.8) is 0 Å². The number of ether oxygens (including phenoxy) is 2. The average molecular weight is 649 g/mol. The Morgan fingerprint density at radius 3 is 2.23 bits per heavy atom. The van der Waals surface area contributed by atoms with E-state index in [1.54, 1.807) is 31.2 Å². The fourth-order valence-corrected chi connectivity index (χ4v) is 6.78. The maximum absolute atomic E-state index is 14.1. The van der Waals surface area contributed by atoms with E-state index >= 15 is 0 Å². The van der Waals surface area contributed by atoms with Crippen molar-refractivity contribution >= 4 is 50.7 Å². The first-order valence-electron chi connectivity index (χ1n) is 13.9. The first-order valence-corrected chi connectivity index (χ1v) is 16.1. The van der Waals surface area contributed by atoms with Crippen LogP contribution < -0.4 is 19.1 Å². The predicted octanol–water partition coefficient (Wildman–Crippen LogP) is 5.68. The van der Waals surface area contributed by atoms with Crippen molar-refractivity contribution in [2.45, 2.75) is 56.1 Å². The molecule has 4 rings (SSSR count). The zero-order valence-electron chi connectivity index (χ0n) is 24.3. The van der Waals surface area contributed by atoms with Crippen LogP contribution in [-0.4, -0.2) is 58.0 Å². The monoisotopic (exact) mass is 647 g/mol. The van der Waals surface area contributed by atoms with E-state index in [1.165, 1.54) is 61.6 Å². The Morgan fingerprint density at radius 2 is 1.60 bits per heavy atom. The highest BCUT2D eigenvalue weighted by Crippen LogP contribution is 2.33. The molecule has 0 aromatic heterocycles. The second kappa shape index (κ2) is 14.3. The molecule has 0 aliphatic heterocycles. The molecule has 9 nitrogen and oxygen atoms in total. The van der Waals surface area contributed by atoms with Crippen LogP contribution in [0, 0.1) is 0 Å². The van der Waals surface area contributed by atoms with Gasteiger partial charge >= 0.3 is 0 Å². The lowest BCUT2D eigenvalue weighted by molar-refractivity contribution is -0.139. The number of methoxy groups -OCH3 is 2. The molecule has 3 aromatic carbocycles. The van der Waals surface area contributed by atoms with Crippen LogP contribution in [0.5, 0.6) is 11.5 Å². The van der Waals surface area contributed by atoms with Gasteiger partial charge in [0.2, 0.25) is 11.8 Å². The molecule has 1 fully saturated rings. The Bertz CT molecular complexity index is 1550. The molecule has 0 radical (unpaired) electrons. The normalized spacial score (nSPS) is 14.2. The molecule has 0 heterocycles. The third kappa shape index (κ3) is 7.74. The van der Waals surface area contributed by atoms with Crippen molar-refractivity contribution in [3.05, 3.63) is 82.3 Å². The highest BCUT2D eigenvalue weighted by molar-refractivity contribution is 7.92. The highest BCUT2D eigenvalue weighted by Gasteiger charge is 2.34. The molecule has 0 bridgehead atoms. The quantitative estimate of drug-likeness (QED) is 0.271. The lowest BCUT2D eigenvalue weighted by Gasteiger charge is -2.32.